The molecule has 1 nitrogen and oxygen atoms in total. The minimum absolute atomic E-state index is 0.331. The molecule has 1 heteroatoms. The van der Waals surface area contributed by atoms with E-state index >= 15 is 0 Å². The Labute approximate surface area is 69.8 Å². The first-order valence-electron chi connectivity index (χ1n) is 4.46. The van der Waals surface area contributed by atoms with Crippen molar-refractivity contribution in [2.75, 3.05) is 6.61 Å². The Morgan fingerprint density at radius 1 is 1.18 bits per heavy atom. The Kier molecular flexibility index (Phi) is 1.83. The highest BCUT2D eigenvalue weighted by Crippen LogP contribution is 2.70. The fourth-order valence-corrected chi connectivity index (χ4v) is 2.78. The SMILES string of the molecule is CC(CO)C1C(C)(C)C1(C)C. The number of rotatable bonds is 2. The summed E-state index contributed by atoms with van der Waals surface area (Å²) in [6, 6.07) is 0. The summed E-state index contributed by atoms with van der Waals surface area (Å²) >= 11 is 0. The van der Waals surface area contributed by atoms with Crippen LogP contribution >= 0.6 is 0 Å². The molecule has 11 heavy (non-hydrogen) atoms. The van der Waals surface area contributed by atoms with Crippen LogP contribution in [0, 0.1) is 22.7 Å². The third-order valence-corrected chi connectivity index (χ3v) is 3.99. The fraction of sp³-hybridized carbons (Fsp3) is 1.00. The minimum atomic E-state index is 0.331. The van der Waals surface area contributed by atoms with E-state index in [1.54, 1.807) is 0 Å². The zero-order valence-electron chi connectivity index (χ0n) is 8.31. The smallest absolute Gasteiger partial charge is 0.0459 e. The van der Waals surface area contributed by atoms with Gasteiger partial charge in [-0.15, -0.1) is 0 Å². The van der Waals surface area contributed by atoms with E-state index in [9.17, 15) is 0 Å². The van der Waals surface area contributed by atoms with E-state index in [4.69, 9.17) is 5.11 Å². The van der Waals surface area contributed by atoms with Gasteiger partial charge in [0, 0.05) is 6.61 Å². The minimum Gasteiger partial charge on any atom is -0.396 e. The number of hydrogen-bond donors (Lipinski definition) is 1. The quantitative estimate of drug-likeness (QED) is 0.650. The lowest BCUT2D eigenvalue weighted by atomic mass is 10.00. The topological polar surface area (TPSA) is 20.2 Å². The van der Waals surface area contributed by atoms with Crippen molar-refractivity contribution in [3.8, 4) is 0 Å². The van der Waals surface area contributed by atoms with Gasteiger partial charge >= 0.3 is 0 Å². The number of aliphatic hydroxyl groups excluding tert-OH is 1. The van der Waals surface area contributed by atoms with Crippen LogP contribution in [0.5, 0.6) is 0 Å². The standard InChI is InChI=1S/C10H20O/c1-7(6-11)8-9(2,3)10(8,4)5/h7-8,11H,6H2,1-5H3. The molecule has 1 N–H and O–H groups in total. The summed E-state index contributed by atoms with van der Waals surface area (Å²) in [5.74, 6) is 1.15. The number of aliphatic hydroxyl groups is 1. The van der Waals surface area contributed by atoms with E-state index in [0.717, 1.165) is 0 Å². The van der Waals surface area contributed by atoms with Gasteiger partial charge in [-0.25, -0.2) is 0 Å². The summed E-state index contributed by atoms with van der Waals surface area (Å²) in [6.07, 6.45) is 0. The molecule has 0 saturated heterocycles. The maximum absolute atomic E-state index is 9.01. The summed E-state index contributed by atoms with van der Waals surface area (Å²) < 4.78 is 0. The van der Waals surface area contributed by atoms with Crippen LogP contribution in [0.4, 0.5) is 0 Å². The lowest BCUT2D eigenvalue weighted by molar-refractivity contribution is 0.205. The van der Waals surface area contributed by atoms with Crippen LogP contribution in [-0.2, 0) is 0 Å². The van der Waals surface area contributed by atoms with Gasteiger partial charge in [0.25, 0.3) is 0 Å². The molecule has 1 unspecified atom stereocenters. The third kappa shape index (κ3) is 1.01. The Bertz CT molecular complexity index is 144. The van der Waals surface area contributed by atoms with Crippen molar-refractivity contribution in [3.05, 3.63) is 0 Å². The normalized spacial score (nSPS) is 30.0. The summed E-state index contributed by atoms with van der Waals surface area (Å²) in [6.45, 7) is 11.7. The molecule has 1 fully saturated rings. The highest BCUT2D eigenvalue weighted by atomic mass is 16.3. The Morgan fingerprint density at radius 3 is 1.64 bits per heavy atom. The molecule has 0 aromatic heterocycles. The third-order valence-electron chi connectivity index (χ3n) is 3.99. The van der Waals surface area contributed by atoms with E-state index in [1.807, 2.05) is 0 Å². The van der Waals surface area contributed by atoms with Gasteiger partial charge in [0.1, 0.15) is 0 Å². The van der Waals surface area contributed by atoms with Crippen LogP contribution in [0.2, 0.25) is 0 Å². The molecule has 0 bridgehead atoms. The van der Waals surface area contributed by atoms with E-state index in [2.05, 4.69) is 34.6 Å². The van der Waals surface area contributed by atoms with Crippen molar-refractivity contribution in [1.82, 2.24) is 0 Å². The number of hydrogen-bond acceptors (Lipinski definition) is 1. The van der Waals surface area contributed by atoms with E-state index in [0.29, 0.717) is 29.3 Å². The predicted molar refractivity (Wildman–Crippen MR) is 47.3 cm³/mol. The second-order valence-electron chi connectivity index (χ2n) is 5.08. The average molecular weight is 156 g/mol. The molecule has 0 radical (unpaired) electrons. The van der Waals surface area contributed by atoms with Crippen molar-refractivity contribution in [2.45, 2.75) is 34.6 Å². The first kappa shape index (κ1) is 9.05. The van der Waals surface area contributed by atoms with Gasteiger partial charge in [0.15, 0.2) is 0 Å². The van der Waals surface area contributed by atoms with Crippen molar-refractivity contribution in [1.29, 1.82) is 0 Å². The Morgan fingerprint density at radius 2 is 1.55 bits per heavy atom. The molecule has 1 atom stereocenters. The largest absolute Gasteiger partial charge is 0.396 e. The van der Waals surface area contributed by atoms with Crippen LogP contribution < -0.4 is 0 Å². The molecule has 1 rings (SSSR count). The zero-order chi connectivity index (χ0) is 8.86. The van der Waals surface area contributed by atoms with Gasteiger partial charge in [0.05, 0.1) is 0 Å². The first-order valence-corrected chi connectivity index (χ1v) is 4.46. The molecule has 1 aliphatic carbocycles. The monoisotopic (exact) mass is 156 g/mol. The van der Waals surface area contributed by atoms with Crippen molar-refractivity contribution in [3.63, 3.8) is 0 Å². The predicted octanol–water partition coefficient (Wildman–Crippen LogP) is 2.30. The van der Waals surface area contributed by atoms with E-state index < -0.39 is 0 Å². The molecular weight excluding hydrogens is 136 g/mol. The Hall–Kier alpha value is -0.0400. The maximum atomic E-state index is 9.01. The average Bonchev–Trinajstić information content (AvgIpc) is 2.24. The van der Waals surface area contributed by atoms with Gasteiger partial charge in [-0.1, -0.05) is 34.6 Å². The molecule has 0 heterocycles. The summed E-state index contributed by atoms with van der Waals surface area (Å²) in [7, 11) is 0. The molecule has 0 spiro atoms. The molecule has 0 amide bonds. The van der Waals surface area contributed by atoms with Gasteiger partial charge in [-0.05, 0) is 22.7 Å². The van der Waals surface area contributed by atoms with Crippen molar-refractivity contribution >= 4 is 0 Å². The highest BCUT2D eigenvalue weighted by Gasteiger charge is 2.65. The van der Waals surface area contributed by atoms with Gasteiger partial charge < -0.3 is 5.11 Å². The second-order valence-corrected chi connectivity index (χ2v) is 5.08. The van der Waals surface area contributed by atoms with Crippen LogP contribution in [0.15, 0.2) is 0 Å². The van der Waals surface area contributed by atoms with Gasteiger partial charge in [-0.2, -0.15) is 0 Å². The van der Waals surface area contributed by atoms with E-state index in [-0.39, 0.29) is 0 Å². The molecular formula is C10H20O. The van der Waals surface area contributed by atoms with Crippen LogP contribution in [0.25, 0.3) is 0 Å². The van der Waals surface area contributed by atoms with Crippen LogP contribution in [-0.4, -0.2) is 11.7 Å². The van der Waals surface area contributed by atoms with Crippen LogP contribution in [0.1, 0.15) is 34.6 Å². The molecule has 1 saturated carbocycles. The van der Waals surface area contributed by atoms with Crippen molar-refractivity contribution in [2.24, 2.45) is 22.7 Å². The lowest BCUT2D eigenvalue weighted by Crippen LogP contribution is -2.08. The lowest BCUT2D eigenvalue weighted by Gasteiger charge is -2.08. The highest BCUT2D eigenvalue weighted by molar-refractivity contribution is 5.13. The molecule has 0 aliphatic heterocycles. The van der Waals surface area contributed by atoms with E-state index in [1.165, 1.54) is 0 Å². The maximum Gasteiger partial charge on any atom is 0.0459 e. The summed E-state index contributed by atoms with van der Waals surface area (Å²) in [5, 5.41) is 9.01. The van der Waals surface area contributed by atoms with Gasteiger partial charge in [0.2, 0.25) is 0 Å². The Balaban J connectivity index is 2.67. The molecule has 1 aliphatic rings. The van der Waals surface area contributed by atoms with Crippen molar-refractivity contribution < 1.29 is 5.11 Å². The summed E-state index contributed by atoms with van der Waals surface area (Å²) in [5.41, 5.74) is 0.851. The molecule has 0 aromatic carbocycles. The first-order chi connectivity index (χ1) is 4.85. The second kappa shape index (κ2) is 2.22. The molecule has 0 aromatic rings. The summed E-state index contributed by atoms with van der Waals surface area (Å²) in [4.78, 5) is 0. The van der Waals surface area contributed by atoms with Gasteiger partial charge in [-0.3, -0.25) is 0 Å². The fourth-order valence-electron chi connectivity index (χ4n) is 2.78. The molecule has 66 valence electrons. The van der Waals surface area contributed by atoms with Crippen LogP contribution in [0.3, 0.4) is 0 Å². The zero-order valence-corrected chi connectivity index (χ0v) is 8.31.